The first kappa shape index (κ1) is 10.9. The molecule has 0 radical (unpaired) electrons. The molecule has 2 heteroatoms. The minimum absolute atomic E-state index is 0. The van der Waals surface area contributed by atoms with Crippen LogP contribution in [-0.2, 0) is 0 Å². The molecule has 0 aliphatic carbocycles. The molecule has 1 heterocycles. The molecule has 0 amide bonds. The number of rotatable bonds is 3. The summed E-state index contributed by atoms with van der Waals surface area (Å²) in [7, 11) is 0. The first-order valence-electron chi connectivity index (χ1n) is 3.97. The van der Waals surface area contributed by atoms with Crippen molar-refractivity contribution in [2.45, 2.75) is 32.2 Å². The maximum absolute atomic E-state index is 4.30. The molecule has 1 aliphatic rings. The molecule has 0 saturated heterocycles. The van der Waals surface area contributed by atoms with Gasteiger partial charge in [-0.15, -0.1) is 0 Å². The molecule has 0 unspecified atom stereocenters. The molecule has 0 bridgehead atoms. The molecule has 1 nitrogen and oxygen atoms in total. The van der Waals surface area contributed by atoms with E-state index in [1.54, 1.807) is 0 Å². The molecular formula is C9H14LiN. The fourth-order valence-electron chi connectivity index (χ4n) is 1.04. The molecule has 1 rings (SSSR count). The van der Waals surface area contributed by atoms with Crippen molar-refractivity contribution < 1.29 is 18.9 Å². The average molecular weight is 143 g/mol. The molecular weight excluding hydrogens is 129 g/mol. The van der Waals surface area contributed by atoms with Gasteiger partial charge in [0.05, 0.1) is 0 Å². The molecule has 1 aliphatic heterocycles. The summed E-state index contributed by atoms with van der Waals surface area (Å²) in [5, 5.41) is 4.30. The van der Waals surface area contributed by atoms with E-state index in [9.17, 15) is 0 Å². The van der Waals surface area contributed by atoms with E-state index < -0.39 is 0 Å². The van der Waals surface area contributed by atoms with Crippen LogP contribution in [0.1, 0.15) is 26.2 Å². The first-order valence-corrected chi connectivity index (χ1v) is 3.97. The average Bonchev–Trinajstić information content (AvgIpc) is 2.03. The summed E-state index contributed by atoms with van der Waals surface area (Å²) in [5.74, 6) is 0. The minimum Gasteiger partial charge on any atom is -0.685 e. The Bertz CT molecular complexity index is 140. The van der Waals surface area contributed by atoms with Gasteiger partial charge < -0.3 is 5.32 Å². The molecule has 0 spiro atoms. The van der Waals surface area contributed by atoms with E-state index in [0.717, 1.165) is 0 Å². The van der Waals surface area contributed by atoms with Gasteiger partial charge in [-0.2, -0.15) is 6.20 Å². The summed E-state index contributed by atoms with van der Waals surface area (Å²) in [6.45, 7) is 2.21. The summed E-state index contributed by atoms with van der Waals surface area (Å²) in [6, 6.07) is 0.463. The molecule has 0 fully saturated rings. The number of nitrogens with zero attached hydrogens (tertiary/aromatic N) is 1. The summed E-state index contributed by atoms with van der Waals surface area (Å²) in [6.07, 6.45) is 11.9. The van der Waals surface area contributed by atoms with Crippen LogP contribution in [0.2, 0.25) is 0 Å². The Morgan fingerprint density at radius 3 is 2.73 bits per heavy atom. The van der Waals surface area contributed by atoms with Gasteiger partial charge >= 0.3 is 18.9 Å². The van der Waals surface area contributed by atoms with Crippen LogP contribution in [0.25, 0.3) is 5.32 Å². The second-order valence-electron chi connectivity index (χ2n) is 2.59. The van der Waals surface area contributed by atoms with Crippen molar-refractivity contribution in [3.8, 4) is 0 Å². The maximum atomic E-state index is 4.30. The molecule has 0 N–H and O–H groups in total. The Kier molecular flexibility index (Phi) is 6.51. The van der Waals surface area contributed by atoms with Crippen molar-refractivity contribution in [2.75, 3.05) is 0 Å². The van der Waals surface area contributed by atoms with Crippen molar-refractivity contribution in [3.63, 3.8) is 0 Å². The molecule has 0 aromatic rings. The van der Waals surface area contributed by atoms with E-state index in [1.165, 1.54) is 19.3 Å². The third-order valence-corrected chi connectivity index (χ3v) is 1.66. The molecule has 0 aromatic carbocycles. The topological polar surface area (TPSA) is 14.1 Å². The van der Waals surface area contributed by atoms with Crippen molar-refractivity contribution in [3.05, 3.63) is 29.7 Å². The molecule has 0 saturated carbocycles. The number of hydrogen-bond donors (Lipinski definition) is 0. The van der Waals surface area contributed by atoms with Crippen LogP contribution in [0, 0.1) is 0 Å². The van der Waals surface area contributed by atoms with E-state index >= 15 is 0 Å². The van der Waals surface area contributed by atoms with Crippen LogP contribution >= 0.6 is 0 Å². The largest absolute Gasteiger partial charge is 1.00 e. The van der Waals surface area contributed by atoms with Crippen LogP contribution in [0.4, 0.5) is 0 Å². The number of unbranched alkanes of at least 4 members (excludes halogenated alkanes) is 1. The molecule has 56 valence electrons. The quantitative estimate of drug-likeness (QED) is 0.494. The standard InChI is InChI=1S/C9H14N.Li/c1-2-3-6-9-7-4-5-8-10-9;/h4-5,7-9H,2-3,6H2,1H3;/q-1;+1/t9-;/m1./s1. The van der Waals surface area contributed by atoms with Gasteiger partial charge in [0, 0.05) is 0 Å². The van der Waals surface area contributed by atoms with Crippen LogP contribution in [0.15, 0.2) is 24.4 Å². The van der Waals surface area contributed by atoms with Crippen molar-refractivity contribution in [1.82, 2.24) is 0 Å². The fraction of sp³-hybridized carbons (Fsp3) is 0.556. The van der Waals surface area contributed by atoms with E-state index in [2.05, 4.69) is 24.4 Å². The predicted molar refractivity (Wildman–Crippen MR) is 45.0 cm³/mol. The van der Waals surface area contributed by atoms with E-state index in [4.69, 9.17) is 0 Å². The predicted octanol–water partition coefficient (Wildman–Crippen LogP) is 0.00640. The second-order valence-corrected chi connectivity index (χ2v) is 2.59. The Hall–Kier alpha value is -0.123. The minimum atomic E-state index is 0. The van der Waals surface area contributed by atoms with Crippen molar-refractivity contribution >= 4 is 0 Å². The Labute approximate surface area is 81.1 Å². The van der Waals surface area contributed by atoms with Crippen LogP contribution in [0.5, 0.6) is 0 Å². The monoisotopic (exact) mass is 143 g/mol. The Balaban J connectivity index is 0.000001000. The number of allylic oxidation sites excluding steroid dienone is 2. The zero-order chi connectivity index (χ0) is 7.23. The number of hydrogen-bond acceptors (Lipinski definition) is 0. The van der Waals surface area contributed by atoms with Crippen LogP contribution < -0.4 is 18.9 Å². The summed E-state index contributed by atoms with van der Waals surface area (Å²) < 4.78 is 0. The second kappa shape index (κ2) is 6.58. The maximum Gasteiger partial charge on any atom is 1.00 e. The van der Waals surface area contributed by atoms with Gasteiger partial charge in [0.1, 0.15) is 0 Å². The molecule has 0 aromatic heterocycles. The van der Waals surface area contributed by atoms with Gasteiger partial charge in [0.15, 0.2) is 0 Å². The Morgan fingerprint density at radius 1 is 1.36 bits per heavy atom. The van der Waals surface area contributed by atoms with Gasteiger partial charge in [-0.05, 0) is 0 Å². The zero-order valence-corrected chi connectivity index (χ0v) is 7.46. The third kappa shape index (κ3) is 4.34. The summed E-state index contributed by atoms with van der Waals surface area (Å²) in [4.78, 5) is 0. The van der Waals surface area contributed by atoms with Crippen LogP contribution in [-0.4, -0.2) is 6.04 Å². The van der Waals surface area contributed by atoms with E-state index in [0.29, 0.717) is 6.04 Å². The van der Waals surface area contributed by atoms with Crippen LogP contribution in [0.3, 0.4) is 0 Å². The SMILES string of the molecule is CCCC[C@@H]1C=CC=C[N-]1.[Li+]. The van der Waals surface area contributed by atoms with Gasteiger partial charge in [0.2, 0.25) is 0 Å². The van der Waals surface area contributed by atoms with E-state index in [1.807, 2.05) is 12.3 Å². The summed E-state index contributed by atoms with van der Waals surface area (Å²) >= 11 is 0. The summed E-state index contributed by atoms with van der Waals surface area (Å²) in [5.41, 5.74) is 0. The van der Waals surface area contributed by atoms with Crippen molar-refractivity contribution in [2.24, 2.45) is 0 Å². The van der Waals surface area contributed by atoms with Gasteiger partial charge in [-0.25, -0.2) is 0 Å². The van der Waals surface area contributed by atoms with Gasteiger partial charge in [-0.3, -0.25) is 0 Å². The first-order chi connectivity index (χ1) is 4.93. The molecule has 1 atom stereocenters. The Morgan fingerprint density at radius 2 is 2.18 bits per heavy atom. The molecule has 11 heavy (non-hydrogen) atoms. The van der Waals surface area contributed by atoms with Gasteiger partial charge in [-0.1, -0.05) is 50.5 Å². The van der Waals surface area contributed by atoms with Crippen molar-refractivity contribution in [1.29, 1.82) is 0 Å². The third-order valence-electron chi connectivity index (χ3n) is 1.66. The normalized spacial score (nSPS) is 20.6. The van der Waals surface area contributed by atoms with Gasteiger partial charge in [0.25, 0.3) is 0 Å². The smallest absolute Gasteiger partial charge is 0.685 e. The zero-order valence-electron chi connectivity index (χ0n) is 7.46. The van der Waals surface area contributed by atoms with E-state index in [-0.39, 0.29) is 18.9 Å². The fourth-order valence-corrected chi connectivity index (χ4v) is 1.04.